The molecule has 2 rings (SSSR count). The lowest BCUT2D eigenvalue weighted by Crippen LogP contribution is -2.45. The Labute approximate surface area is 110 Å². The molecule has 0 amide bonds. The van der Waals surface area contributed by atoms with E-state index in [0.717, 1.165) is 19.6 Å². The van der Waals surface area contributed by atoms with Crippen molar-refractivity contribution in [2.45, 2.75) is 51.2 Å². The van der Waals surface area contributed by atoms with Gasteiger partial charge in [0.25, 0.3) is 0 Å². The zero-order chi connectivity index (χ0) is 13.0. The molecule has 0 bridgehead atoms. The molecule has 0 atom stereocenters. The van der Waals surface area contributed by atoms with Gasteiger partial charge in [-0.05, 0) is 33.5 Å². The Balaban J connectivity index is 2.09. The molecule has 0 aliphatic heterocycles. The predicted octanol–water partition coefficient (Wildman–Crippen LogP) is 1.87. The van der Waals surface area contributed by atoms with Crippen molar-refractivity contribution in [3.63, 3.8) is 0 Å². The van der Waals surface area contributed by atoms with E-state index in [1.54, 1.807) is 0 Å². The summed E-state index contributed by atoms with van der Waals surface area (Å²) in [7, 11) is 4.43. The van der Waals surface area contributed by atoms with Crippen LogP contribution < -0.4 is 5.32 Å². The van der Waals surface area contributed by atoms with Crippen LogP contribution in [0.5, 0.6) is 0 Å². The summed E-state index contributed by atoms with van der Waals surface area (Å²) in [5, 5.41) is 3.38. The minimum atomic E-state index is 0.335. The predicted molar refractivity (Wildman–Crippen MR) is 74.5 cm³/mol. The third-order valence-corrected chi connectivity index (χ3v) is 4.30. The van der Waals surface area contributed by atoms with Crippen LogP contribution in [0.25, 0.3) is 0 Å². The molecule has 1 aliphatic carbocycles. The number of aromatic nitrogens is 2. The Hall–Kier alpha value is -0.870. The molecule has 4 heteroatoms. The number of likely N-dealkylation sites (N-methyl/N-ethyl adjacent to an activating group) is 1. The minimum Gasteiger partial charge on any atom is -0.332 e. The van der Waals surface area contributed by atoms with E-state index < -0.39 is 0 Å². The third-order valence-electron chi connectivity index (χ3n) is 4.30. The lowest BCUT2D eigenvalue weighted by Gasteiger charge is -2.37. The fourth-order valence-electron chi connectivity index (χ4n) is 2.99. The summed E-state index contributed by atoms with van der Waals surface area (Å²) in [5.74, 6) is 0. The molecule has 0 radical (unpaired) electrons. The lowest BCUT2D eigenvalue weighted by molar-refractivity contribution is 0.132. The zero-order valence-electron chi connectivity index (χ0n) is 11.9. The Morgan fingerprint density at radius 2 is 2.11 bits per heavy atom. The quantitative estimate of drug-likeness (QED) is 0.836. The fraction of sp³-hybridized carbons (Fsp3) is 0.786. The maximum Gasteiger partial charge on any atom is 0.0949 e. The van der Waals surface area contributed by atoms with E-state index >= 15 is 0 Å². The molecule has 18 heavy (non-hydrogen) atoms. The van der Waals surface area contributed by atoms with Gasteiger partial charge in [0.15, 0.2) is 0 Å². The van der Waals surface area contributed by atoms with Gasteiger partial charge in [0.05, 0.1) is 12.0 Å². The molecule has 0 unspecified atom stereocenters. The van der Waals surface area contributed by atoms with Crippen LogP contribution in [-0.4, -0.2) is 40.6 Å². The van der Waals surface area contributed by atoms with E-state index in [1.807, 2.05) is 12.5 Å². The summed E-state index contributed by atoms with van der Waals surface area (Å²) in [6.07, 6.45) is 9.29. The highest BCUT2D eigenvalue weighted by atomic mass is 15.2. The topological polar surface area (TPSA) is 33.1 Å². The smallest absolute Gasteiger partial charge is 0.0949 e. The van der Waals surface area contributed by atoms with Crippen molar-refractivity contribution in [3.8, 4) is 0 Å². The maximum absolute atomic E-state index is 4.31. The number of nitrogens with zero attached hydrogens (tertiary/aromatic N) is 3. The molecule has 0 spiro atoms. The van der Waals surface area contributed by atoms with Crippen LogP contribution in [0.3, 0.4) is 0 Å². The van der Waals surface area contributed by atoms with Crippen LogP contribution in [0, 0.1) is 0 Å². The molecule has 0 saturated heterocycles. The highest BCUT2D eigenvalue weighted by Crippen LogP contribution is 2.35. The molecule has 0 aromatic carbocycles. The van der Waals surface area contributed by atoms with Crippen LogP contribution in [0.4, 0.5) is 0 Å². The van der Waals surface area contributed by atoms with Gasteiger partial charge in [0.1, 0.15) is 0 Å². The summed E-state index contributed by atoms with van der Waals surface area (Å²) >= 11 is 0. The van der Waals surface area contributed by atoms with Crippen LogP contribution in [0.15, 0.2) is 12.5 Å². The average Bonchev–Trinajstić information content (AvgIpc) is 2.97. The first-order valence-electron chi connectivity index (χ1n) is 7.05. The number of imidazole rings is 1. The molecule has 1 aromatic heterocycles. The standard InChI is InChI=1S/C14H26N4/c1-4-15-9-13-10-16-12-18(13)11-14(17(2)3)7-5-6-8-14/h10,12,15H,4-9,11H2,1-3H3. The molecule has 1 N–H and O–H groups in total. The number of hydrogen-bond acceptors (Lipinski definition) is 3. The van der Waals surface area contributed by atoms with Gasteiger partial charge in [-0.1, -0.05) is 19.8 Å². The summed E-state index contributed by atoms with van der Waals surface area (Å²) in [5.41, 5.74) is 1.63. The first-order valence-corrected chi connectivity index (χ1v) is 7.05. The van der Waals surface area contributed by atoms with Crippen molar-refractivity contribution in [3.05, 3.63) is 18.2 Å². The SMILES string of the molecule is CCNCc1cncn1CC1(N(C)C)CCCC1. The molecule has 1 heterocycles. The third kappa shape index (κ3) is 2.75. The molecule has 102 valence electrons. The molecule has 4 nitrogen and oxygen atoms in total. The van der Waals surface area contributed by atoms with Gasteiger partial charge in [0.2, 0.25) is 0 Å². The van der Waals surface area contributed by atoms with Gasteiger partial charge in [-0.2, -0.15) is 0 Å². The molecule has 1 fully saturated rings. The van der Waals surface area contributed by atoms with E-state index in [-0.39, 0.29) is 0 Å². The maximum atomic E-state index is 4.31. The first kappa shape index (κ1) is 13.6. The highest BCUT2D eigenvalue weighted by Gasteiger charge is 2.36. The van der Waals surface area contributed by atoms with Crippen molar-refractivity contribution in [1.82, 2.24) is 19.8 Å². The van der Waals surface area contributed by atoms with E-state index in [1.165, 1.54) is 31.4 Å². The van der Waals surface area contributed by atoms with Gasteiger partial charge < -0.3 is 14.8 Å². The van der Waals surface area contributed by atoms with E-state index in [9.17, 15) is 0 Å². The normalized spacial score (nSPS) is 18.7. The number of nitrogens with one attached hydrogen (secondary N) is 1. The minimum absolute atomic E-state index is 0.335. The Bertz CT molecular complexity index is 364. The zero-order valence-corrected chi connectivity index (χ0v) is 11.9. The Morgan fingerprint density at radius 3 is 2.72 bits per heavy atom. The van der Waals surface area contributed by atoms with Gasteiger partial charge in [-0.3, -0.25) is 0 Å². The van der Waals surface area contributed by atoms with Crippen molar-refractivity contribution < 1.29 is 0 Å². The van der Waals surface area contributed by atoms with Crippen molar-refractivity contribution >= 4 is 0 Å². The molecule has 1 aliphatic rings. The van der Waals surface area contributed by atoms with Gasteiger partial charge in [0, 0.05) is 24.8 Å². The largest absolute Gasteiger partial charge is 0.332 e. The average molecular weight is 250 g/mol. The monoisotopic (exact) mass is 250 g/mol. The Morgan fingerprint density at radius 1 is 1.39 bits per heavy atom. The summed E-state index contributed by atoms with van der Waals surface area (Å²) in [6, 6.07) is 0. The summed E-state index contributed by atoms with van der Waals surface area (Å²) in [6.45, 7) is 5.13. The summed E-state index contributed by atoms with van der Waals surface area (Å²) in [4.78, 5) is 6.73. The molecular weight excluding hydrogens is 224 g/mol. The van der Waals surface area contributed by atoms with E-state index in [4.69, 9.17) is 0 Å². The molecular formula is C14H26N4. The van der Waals surface area contributed by atoms with E-state index in [2.05, 4.69) is 40.8 Å². The van der Waals surface area contributed by atoms with Gasteiger partial charge in [-0.15, -0.1) is 0 Å². The second-order valence-corrected chi connectivity index (χ2v) is 5.62. The molecule has 1 aromatic rings. The van der Waals surface area contributed by atoms with Crippen LogP contribution in [0.1, 0.15) is 38.3 Å². The van der Waals surface area contributed by atoms with Crippen LogP contribution >= 0.6 is 0 Å². The van der Waals surface area contributed by atoms with Crippen molar-refractivity contribution in [2.24, 2.45) is 0 Å². The number of hydrogen-bond donors (Lipinski definition) is 1. The van der Waals surface area contributed by atoms with Crippen molar-refractivity contribution in [1.29, 1.82) is 0 Å². The second kappa shape index (κ2) is 5.85. The number of rotatable bonds is 6. The lowest BCUT2D eigenvalue weighted by atomic mass is 9.96. The first-order chi connectivity index (χ1) is 8.68. The molecule has 1 saturated carbocycles. The van der Waals surface area contributed by atoms with E-state index in [0.29, 0.717) is 5.54 Å². The second-order valence-electron chi connectivity index (χ2n) is 5.62. The van der Waals surface area contributed by atoms with Crippen LogP contribution in [0.2, 0.25) is 0 Å². The van der Waals surface area contributed by atoms with Crippen LogP contribution in [-0.2, 0) is 13.1 Å². The summed E-state index contributed by atoms with van der Waals surface area (Å²) < 4.78 is 2.33. The fourth-order valence-corrected chi connectivity index (χ4v) is 2.99. The highest BCUT2D eigenvalue weighted by molar-refractivity contribution is 5.02. The van der Waals surface area contributed by atoms with Gasteiger partial charge in [-0.25, -0.2) is 4.98 Å². The van der Waals surface area contributed by atoms with Crippen molar-refractivity contribution in [2.75, 3.05) is 20.6 Å². The van der Waals surface area contributed by atoms with Gasteiger partial charge >= 0.3 is 0 Å². The Kier molecular flexibility index (Phi) is 4.40.